The van der Waals surface area contributed by atoms with Crippen LogP contribution in [0.5, 0.6) is 5.75 Å². The zero-order valence-corrected chi connectivity index (χ0v) is 13.0. The summed E-state index contributed by atoms with van der Waals surface area (Å²) in [5.74, 6) is -2.28. The van der Waals surface area contributed by atoms with Gasteiger partial charge in [0.2, 0.25) is 5.91 Å². The Balaban J connectivity index is 2.40. The lowest BCUT2D eigenvalue weighted by Gasteiger charge is -2.13. The van der Waals surface area contributed by atoms with E-state index in [1.165, 1.54) is 18.2 Å². The predicted octanol–water partition coefficient (Wildman–Crippen LogP) is 3.66. The third kappa shape index (κ3) is 2.55. The van der Waals surface area contributed by atoms with E-state index in [1.807, 2.05) is 0 Å². The Morgan fingerprint density at radius 3 is 2.38 bits per heavy atom. The predicted molar refractivity (Wildman–Crippen MR) is 91.5 cm³/mol. The van der Waals surface area contributed by atoms with Crippen molar-refractivity contribution in [2.24, 2.45) is 5.73 Å². The molecule has 24 heavy (non-hydrogen) atoms. The van der Waals surface area contributed by atoms with Crippen LogP contribution in [0.2, 0.25) is 5.02 Å². The van der Waals surface area contributed by atoms with Crippen LogP contribution >= 0.6 is 11.6 Å². The molecule has 5 nitrogen and oxygen atoms in total. The van der Waals surface area contributed by atoms with Crippen LogP contribution in [0.1, 0.15) is 20.7 Å². The first-order valence-electron chi connectivity index (χ1n) is 6.98. The highest BCUT2D eigenvalue weighted by Crippen LogP contribution is 2.38. The number of hydrogen-bond donors (Lipinski definition) is 3. The van der Waals surface area contributed by atoms with E-state index >= 15 is 0 Å². The number of carbonyl (C=O) groups is 2. The Morgan fingerprint density at radius 2 is 1.75 bits per heavy atom. The van der Waals surface area contributed by atoms with Gasteiger partial charge in [0, 0.05) is 5.56 Å². The van der Waals surface area contributed by atoms with Gasteiger partial charge in [-0.3, -0.25) is 4.79 Å². The standard InChI is InChI=1S/C18H12ClNO4/c19-13-7-10(5-6-12(13)17(20)22)15-11-4-2-1-3-9(11)8-14(21)16(15)18(23)24/h1-8,21H,(H2,20,22)(H,23,24). The van der Waals surface area contributed by atoms with E-state index in [-0.39, 0.29) is 21.9 Å². The third-order valence-electron chi connectivity index (χ3n) is 3.77. The third-order valence-corrected chi connectivity index (χ3v) is 4.08. The van der Waals surface area contributed by atoms with Crippen molar-refractivity contribution >= 4 is 34.2 Å². The number of nitrogens with two attached hydrogens (primary N) is 1. The average molecular weight is 342 g/mol. The molecular formula is C18H12ClNO4. The van der Waals surface area contributed by atoms with E-state index in [4.69, 9.17) is 17.3 Å². The molecule has 4 N–H and O–H groups in total. The minimum absolute atomic E-state index is 0.115. The van der Waals surface area contributed by atoms with Gasteiger partial charge in [0.05, 0.1) is 10.6 Å². The number of fused-ring (bicyclic) bond motifs is 1. The number of halogens is 1. The molecule has 0 aliphatic heterocycles. The zero-order valence-electron chi connectivity index (χ0n) is 12.3. The number of phenols is 1. The number of aromatic hydroxyl groups is 1. The lowest BCUT2D eigenvalue weighted by atomic mass is 9.92. The van der Waals surface area contributed by atoms with Crippen LogP contribution < -0.4 is 5.73 Å². The maximum absolute atomic E-state index is 11.7. The molecule has 0 atom stereocenters. The summed E-state index contributed by atoms with van der Waals surface area (Å²) >= 11 is 6.09. The molecule has 0 fully saturated rings. The molecule has 0 radical (unpaired) electrons. The van der Waals surface area contributed by atoms with E-state index in [2.05, 4.69) is 0 Å². The van der Waals surface area contributed by atoms with Gasteiger partial charge < -0.3 is 15.9 Å². The van der Waals surface area contributed by atoms with Crippen LogP contribution in [0, 0.1) is 0 Å². The number of amides is 1. The van der Waals surface area contributed by atoms with E-state index in [0.29, 0.717) is 21.9 Å². The number of hydrogen-bond acceptors (Lipinski definition) is 3. The minimum atomic E-state index is -1.26. The lowest BCUT2D eigenvalue weighted by Crippen LogP contribution is -2.11. The molecule has 0 unspecified atom stereocenters. The molecule has 3 aromatic rings. The Morgan fingerprint density at radius 1 is 1.04 bits per heavy atom. The van der Waals surface area contributed by atoms with E-state index < -0.39 is 11.9 Å². The van der Waals surface area contributed by atoms with E-state index in [9.17, 15) is 19.8 Å². The van der Waals surface area contributed by atoms with Gasteiger partial charge in [-0.15, -0.1) is 0 Å². The highest BCUT2D eigenvalue weighted by atomic mass is 35.5. The molecule has 1 amide bonds. The fraction of sp³-hybridized carbons (Fsp3) is 0. The van der Waals surface area contributed by atoms with Crippen molar-refractivity contribution in [2.75, 3.05) is 0 Å². The smallest absolute Gasteiger partial charge is 0.340 e. The Labute approximate surface area is 141 Å². The highest BCUT2D eigenvalue weighted by molar-refractivity contribution is 6.34. The molecule has 6 heteroatoms. The fourth-order valence-electron chi connectivity index (χ4n) is 2.72. The van der Waals surface area contributed by atoms with Gasteiger partial charge in [0.15, 0.2) is 0 Å². The van der Waals surface area contributed by atoms with Crippen LogP contribution in [0.4, 0.5) is 0 Å². The van der Waals surface area contributed by atoms with Crippen molar-refractivity contribution in [1.29, 1.82) is 0 Å². The number of carboxylic acid groups (broad SMARTS) is 1. The van der Waals surface area contributed by atoms with Crippen molar-refractivity contribution in [3.05, 3.63) is 64.7 Å². The van der Waals surface area contributed by atoms with Crippen LogP contribution in [-0.4, -0.2) is 22.1 Å². The lowest BCUT2D eigenvalue weighted by molar-refractivity contribution is 0.0694. The largest absolute Gasteiger partial charge is 0.507 e. The number of carboxylic acids is 1. The normalized spacial score (nSPS) is 10.7. The Bertz CT molecular complexity index is 998. The first-order chi connectivity index (χ1) is 11.4. The molecule has 0 spiro atoms. The summed E-state index contributed by atoms with van der Waals surface area (Å²) < 4.78 is 0. The monoisotopic (exact) mass is 341 g/mol. The van der Waals surface area contributed by atoms with Gasteiger partial charge in [-0.1, -0.05) is 41.9 Å². The van der Waals surface area contributed by atoms with Crippen molar-refractivity contribution < 1.29 is 19.8 Å². The molecule has 0 saturated heterocycles. The molecule has 3 rings (SSSR count). The first kappa shape index (κ1) is 15.8. The van der Waals surface area contributed by atoms with Gasteiger partial charge in [-0.05, 0) is 34.5 Å². The molecule has 0 saturated carbocycles. The van der Waals surface area contributed by atoms with Gasteiger partial charge in [-0.2, -0.15) is 0 Å². The van der Waals surface area contributed by atoms with Crippen molar-refractivity contribution in [3.8, 4) is 16.9 Å². The minimum Gasteiger partial charge on any atom is -0.507 e. The number of aromatic carboxylic acids is 1. The Kier molecular flexibility index (Phi) is 3.87. The number of rotatable bonds is 3. The number of carbonyl (C=O) groups excluding carboxylic acids is 1. The van der Waals surface area contributed by atoms with Gasteiger partial charge >= 0.3 is 5.97 Å². The molecular weight excluding hydrogens is 330 g/mol. The molecule has 0 aliphatic carbocycles. The average Bonchev–Trinajstić information content (AvgIpc) is 2.52. The summed E-state index contributed by atoms with van der Waals surface area (Å²) in [7, 11) is 0. The van der Waals surface area contributed by atoms with Gasteiger partial charge in [0.1, 0.15) is 11.3 Å². The zero-order chi connectivity index (χ0) is 17.4. The summed E-state index contributed by atoms with van der Waals surface area (Å²) in [6, 6.07) is 12.9. The van der Waals surface area contributed by atoms with E-state index in [1.54, 1.807) is 30.3 Å². The molecule has 0 heterocycles. The SMILES string of the molecule is NC(=O)c1ccc(-c2c(C(=O)O)c(O)cc3ccccc23)cc1Cl. The number of benzene rings is 3. The molecule has 0 aliphatic rings. The van der Waals surface area contributed by atoms with Crippen molar-refractivity contribution in [1.82, 2.24) is 0 Å². The van der Waals surface area contributed by atoms with Crippen LogP contribution in [0.25, 0.3) is 21.9 Å². The second-order valence-corrected chi connectivity index (χ2v) is 5.64. The summed E-state index contributed by atoms with van der Waals surface area (Å²) in [6.07, 6.45) is 0. The van der Waals surface area contributed by atoms with Crippen LogP contribution in [0.3, 0.4) is 0 Å². The second kappa shape index (κ2) is 5.86. The Hall–Kier alpha value is -3.05. The maximum Gasteiger partial charge on any atom is 0.340 e. The first-order valence-corrected chi connectivity index (χ1v) is 7.35. The van der Waals surface area contributed by atoms with Gasteiger partial charge in [0.25, 0.3) is 0 Å². The quantitative estimate of drug-likeness (QED) is 0.676. The molecule has 0 aromatic heterocycles. The second-order valence-electron chi connectivity index (χ2n) is 5.23. The van der Waals surface area contributed by atoms with Crippen molar-refractivity contribution in [3.63, 3.8) is 0 Å². The summed E-state index contributed by atoms with van der Waals surface area (Å²) in [4.78, 5) is 23.0. The van der Waals surface area contributed by atoms with Crippen LogP contribution in [-0.2, 0) is 0 Å². The van der Waals surface area contributed by atoms with E-state index in [0.717, 1.165) is 0 Å². The topological polar surface area (TPSA) is 101 Å². The van der Waals surface area contributed by atoms with Crippen molar-refractivity contribution in [2.45, 2.75) is 0 Å². The number of primary amides is 1. The fourth-order valence-corrected chi connectivity index (χ4v) is 2.99. The summed E-state index contributed by atoms with van der Waals surface area (Å²) in [6.45, 7) is 0. The summed E-state index contributed by atoms with van der Waals surface area (Å²) in [5, 5.41) is 21.1. The summed E-state index contributed by atoms with van der Waals surface area (Å²) in [5.41, 5.74) is 5.95. The molecule has 120 valence electrons. The van der Waals surface area contributed by atoms with Gasteiger partial charge in [-0.25, -0.2) is 4.79 Å². The molecule has 0 bridgehead atoms. The highest BCUT2D eigenvalue weighted by Gasteiger charge is 2.21. The molecule has 3 aromatic carbocycles. The van der Waals surface area contributed by atoms with Crippen LogP contribution in [0.15, 0.2) is 48.5 Å². The maximum atomic E-state index is 11.7.